The van der Waals surface area contributed by atoms with Crippen LogP contribution in [0, 0.1) is 17.8 Å². The van der Waals surface area contributed by atoms with E-state index in [9.17, 15) is 53.4 Å². The number of Topliss-reactive ketones (excluding diaryl/α,β-unsaturated/α-hetero) is 2. The average Bonchev–Trinajstić information content (AvgIpc) is 3.21. The molecule has 22 heteroatoms. The molecule has 0 radical (unpaired) electrons. The molecular weight excluding hydrogens is 927 g/mol. The van der Waals surface area contributed by atoms with Gasteiger partial charge in [-0.15, -0.1) is 0 Å². The van der Waals surface area contributed by atoms with E-state index in [-0.39, 0.29) is 89.9 Å². The first-order valence-corrected chi connectivity index (χ1v) is 25.3. The summed E-state index contributed by atoms with van der Waals surface area (Å²) in [5.74, 6) is -6.53. The monoisotopic (exact) mass is 986 g/mol. The van der Waals surface area contributed by atoms with Crippen LogP contribution in [0.25, 0.3) is 0 Å². The van der Waals surface area contributed by atoms with E-state index in [4.69, 9.17) is 13.3 Å². The molecule has 0 saturated carbocycles. The number of hydrogen-bond donors (Lipinski definition) is 5. The largest absolute Gasteiger partial charge is 0.494 e. The van der Waals surface area contributed by atoms with Gasteiger partial charge in [0.2, 0.25) is 11.8 Å². The Balaban J connectivity index is 1.29. The summed E-state index contributed by atoms with van der Waals surface area (Å²) in [7, 11) is 0. The fourth-order valence-corrected chi connectivity index (χ4v) is 10.3. The van der Waals surface area contributed by atoms with Crippen molar-refractivity contribution in [3.05, 3.63) is 29.8 Å². The van der Waals surface area contributed by atoms with Crippen LogP contribution >= 0.6 is 0 Å². The van der Waals surface area contributed by atoms with Crippen molar-refractivity contribution in [2.24, 2.45) is 17.8 Å². The number of fused-ring (bicyclic) bond motifs is 23. The van der Waals surface area contributed by atoms with E-state index < -0.39 is 108 Å². The first-order chi connectivity index (χ1) is 30.1. The molecule has 5 aliphatic rings. The summed E-state index contributed by atoms with van der Waals surface area (Å²) in [4.78, 5) is 120. The molecule has 21 nitrogen and oxygen atoms in total. The maximum absolute atomic E-state index is 13.8. The first-order valence-electron chi connectivity index (χ1n) is 21.3. The maximum Gasteiger partial charge on any atom is 0.162 e. The fraction of sp³-hybridized carbons (Fsp3) is 0.634. The van der Waals surface area contributed by atoms with Gasteiger partial charge < -0.3 is 20.5 Å². The predicted molar refractivity (Wildman–Crippen MR) is 221 cm³/mol. The Morgan fingerprint density at radius 1 is 0.810 bits per heavy atom. The zero-order chi connectivity index (χ0) is 45.9. The van der Waals surface area contributed by atoms with Gasteiger partial charge in [0, 0.05) is 31.2 Å². The van der Waals surface area contributed by atoms with Crippen molar-refractivity contribution >= 4 is 75.9 Å². The van der Waals surface area contributed by atoms with Crippen LogP contribution in [0.2, 0.25) is 0 Å². The molecule has 5 N–H and O–H groups in total. The standard InChI is InChI=1S/C41H62N6O15.In/c1-27(2)19-31-30(34(50)26-48)5-3-18-62-29-8-6-28(7-9-29)20-32(44-41(31)61)33(49)10-11-35(51)42-12-4-13-43-36(52)21-45(14-16-46(22-37(53)54)23-38(55)56)15-17-47(24-39(57)58)25-40(59)60;/h6-9,27,30-32,48H,3-5,10-26H2,1-2H3,(H,42,51)(H,43,52)(H,44,61)(H,53,54)(H,55,56)(H,57,58)(H,59,60);/q;+3/p-3/t30-,31+,32-;/m0./s1/i;1-4. The van der Waals surface area contributed by atoms with Gasteiger partial charge in [0.25, 0.3) is 0 Å². The molecule has 63 heavy (non-hydrogen) atoms. The Hall–Kier alpha value is -4.64. The van der Waals surface area contributed by atoms with Crippen molar-refractivity contribution in [3.8, 4) is 5.75 Å². The van der Waals surface area contributed by atoms with Gasteiger partial charge in [0.1, 0.15) is 12.4 Å². The van der Waals surface area contributed by atoms with Crippen molar-refractivity contribution in [1.82, 2.24) is 30.7 Å². The topological polar surface area (TPSA) is 277 Å². The molecular formula is C41H59InN6O15. The third-order valence-corrected chi connectivity index (χ3v) is 14.5. The Morgan fingerprint density at radius 2 is 1.43 bits per heavy atom. The number of aliphatic hydroxyl groups is 1. The molecule has 0 unspecified atom stereocenters. The van der Waals surface area contributed by atoms with Crippen molar-refractivity contribution in [1.29, 1.82) is 0 Å². The minimum Gasteiger partial charge on any atom is -0.494 e. The molecule has 5 aliphatic heterocycles. The molecule has 0 aromatic heterocycles. The molecule has 3 saturated heterocycles. The summed E-state index contributed by atoms with van der Waals surface area (Å²) in [5.41, 5.74) is 0.758. The van der Waals surface area contributed by atoms with Gasteiger partial charge in [0.05, 0.1) is 12.6 Å². The summed E-state index contributed by atoms with van der Waals surface area (Å²) in [6.45, 7) is 2.74. The number of ketones is 2. The summed E-state index contributed by atoms with van der Waals surface area (Å²) >= 11 is -4.30. The quantitative estimate of drug-likeness (QED) is 0.0915. The van der Waals surface area contributed by atoms with Gasteiger partial charge in [-0.05, 0) is 49.3 Å². The van der Waals surface area contributed by atoms with Gasteiger partial charge in [-0.3, -0.25) is 19.2 Å². The predicted octanol–water partition coefficient (Wildman–Crippen LogP) is -1.67. The molecule has 5 heterocycles. The van der Waals surface area contributed by atoms with Crippen LogP contribution in [-0.2, 0) is 58.1 Å². The molecule has 1 aromatic carbocycles. The molecule has 0 spiro atoms. The minimum absolute atomic E-state index is 0.0449. The van der Waals surface area contributed by atoms with E-state index in [0.717, 1.165) is 5.56 Å². The average molecular weight is 987 g/mol. The van der Waals surface area contributed by atoms with Crippen LogP contribution in [-0.4, -0.2) is 192 Å². The van der Waals surface area contributed by atoms with Crippen LogP contribution in [0.4, 0.5) is 0 Å². The number of amides is 3. The van der Waals surface area contributed by atoms with Crippen molar-refractivity contribution < 1.29 is 66.7 Å². The van der Waals surface area contributed by atoms with Crippen molar-refractivity contribution in [3.63, 3.8) is 0 Å². The number of nitrogens with zero attached hydrogens (tertiary/aromatic N) is 3. The first kappa shape index (κ1) is 51.0. The molecule has 4 bridgehead atoms. The van der Waals surface area contributed by atoms with Crippen LogP contribution in [0.3, 0.4) is 0 Å². The summed E-state index contributed by atoms with van der Waals surface area (Å²) < 4.78 is 21.3. The molecule has 3 fully saturated rings. The second kappa shape index (κ2) is 26.2. The van der Waals surface area contributed by atoms with E-state index >= 15 is 0 Å². The van der Waals surface area contributed by atoms with Gasteiger partial charge in [-0.1, -0.05) is 26.0 Å². The van der Waals surface area contributed by atoms with E-state index in [0.29, 0.717) is 38.0 Å². The zero-order valence-corrected chi connectivity index (χ0v) is 39.2. The molecule has 0 aliphatic carbocycles. The second-order valence-electron chi connectivity index (χ2n) is 16.2. The van der Waals surface area contributed by atoms with Crippen LogP contribution in [0.1, 0.15) is 57.9 Å². The number of aliphatic hydroxyl groups excluding tert-OH is 1. The van der Waals surface area contributed by atoms with Gasteiger partial charge in [0.15, 0.2) is 11.6 Å². The Morgan fingerprint density at radius 3 is 2.06 bits per heavy atom. The van der Waals surface area contributed by atoms with Crippen molar-refractivity contribution in [2.75, 3.05) is 85.2 Å². The van der Waals surface area contributed by atoms with Crippen molar-refractivity contribution in [2.45, 2.75) is 64.8 Å². The van der Waals surface area contributed by atoms with Crippen LogP contribution < -0.4 is 20.7 Å². The molecule has 6 rings (SSSR count). The number of hydrogen-bond acceptors (Lipinski definition) is 17. The number of carbonyl (C=O) groups is 9. The van der Waals surface area contributed by atoms with Gasteiger partial charge >= 0.3 is 182 Å². The SMILES string of the molecule is CC(C)C[C@H]1C(=O)N[C@H](C(=O)CCC(=O)NCCCNC(=O)CN2CCN(CC(=O)O)CC(=O)[O][111In]3[O]C(=O)CN(CC2)CC(=O)[O]3)Cc2ccc(cc2)OCCC[C@@H]1C(=O)CO. The number of carboxylic acid groups (broad SMARTS) is 1. The Kier molecular flexibility index (Phi) is 21.2. The number of nitrogens with one attached hydrogen (secondary N) is 3. The number of ether oxygens (including phenoxy) is 1. The third-order valence-electron chi connectivity index (χ3n) is 10.6. The van der Waals surface area contributed by atoms with E-state index in [1.807, 2.05) is 26.0 Å². The third kappa shape index (κ3) is 18.5. The van der Waals surface area contributed by atoms with Gasteiger partial charge in [-0.25, -0.2) is 0 Å². The summed E-state index contributed by atoms with van der Waals surface area (Å²) in [6.07, 6.45) is 1.32. The normalized spacial score (nSPS) is 21.4. The molecule has 3 atom stereocenters. The Labute approximate surface area is 375 Å². The molecule has 3 amide bonds. The summed E-state index contributed by atoms with van der Waals surface area (Å²) in [5, 5.41) is 27.5. The zero-order valence-electron chi connectivity index (χ0n) is 35.9. The fourth-order valence-electron chi connectivity index (χ4n) is 7.45. The second-order valence-corrected chi connectivity index (χ2v) is 19.9. The van der Waals surface area contributed by atoms with Gasteiger partial charge in [-0.2, -0.15) is 0 Å². The van der Waals surface area contributed by atoms with Crippen LogP contribution in [0.5, 0.6) is 5.75 Å². The number of aliphatic carboxylic acids is 1. The van der Waals surface area contributed by atoms with E-state index in [1.165, 1.54) is 9.80 Å². The minimum atomic E-state index is -4.30. The van der Waals surface area contributed by atoms with E-state index in [2.05, 4.69) is 16.0 Å². The number of benzene rings is 1. The van der Waals surface area contributed by atoms with E-state index in [1.54, 1.807) is 17.0 Å². The molecule has 346 valence electrons. The smallest absolute Gasteiger partial charge is 0.162 e. The maximum atomic E-state index is 13.8. The Bertz CT molecular complexity index is 1760. The summed E-state index contributed by atoms with van der Waals surface area (Å²) in [6, 6.07) is 6.16. The number of carbonyl (C=O) groups excluding carboxylic acids is 8. The number of rotatable bonds is 16. The number of carboxylic acids is 1. The van der Waals surface area contributed by atoms with Crippen LogP contribution in [0.15, 0.2) is 24.3 Å². The molecule has 1 aromatic rings.